The van der Waals surface area contributed by atoms with Crippen LogP contribution in [0.2, 0.25) is 5.02 Å². The molecule has 3 rings (SSSR count). The first kappa shape index (κ1) is 18.1. The van der Waals surface area contributed by atoms with Crippen LogP contribution in [0.25, 0.3) is 10.8 Å². The molecule has 0 unspecified atom stereocenters. The third kappa shape index (κ3) is 4.46. The van der Waals surface area contributed by atoms with Gasteiger partial charge in [-0.1, -0.05) is 35.9 Å². The number of ether oxygens (including phenoxy) is 2. The molecular formula is C21H20ClNO3. The number of nitrogens with one attached hydrogen (secondary N) is 1. The first-order valence-electron chi connectivity index (χ1n) is 8.30. The van der Waals surface area contributed by atoms with E-state index in [-0.39, 0.29) is 18.6 Å². The zero-order chi connectivity index (χ0) is 18.5. The lowest BCUT2D eigenvalue weighted by Crippen LogP contribution is -2.31. The van der Waals surface area contributed by atoms with Crippen LogP contribution in [0.15, 0.2) is 60.7 Å². The van der Waals surface area contributed by atoms with Crippen LogP contribution in [0.1, 0.15) is 18.5 Å². The van der Waals surface area contributed by atoms with Crippen LogP contribution in [0.4, 0.5) is 0 Å². The summed E-state index contributed by atoms with van der Waals surface area (Å²) in [4.78, 5) is 12.2. The maximum absolute atomic E-state index is 12.2. The van der Waals surface area contributed by atoms with E-state index in [1.165, 1.54) is 0 Å². The molecule has 134 valence electrons. The average molecular weight is 370 g/mol. The van der Waals surface area contributed by atoms with Gasteiger partial charge in [-0.3, -0.25) is 4.79 Å². The van der Waals surface area contributed by atoms with E-state index in [2.05, 4.69) is 5.32 Å². The Bertz CT molecular complexity index is 926. The van der Waals surface area contributed by atoms with Gasteiger partial charge < -0.3 is 14.8 Å². The molecule has 1 atom stereocenters. The topological polar surface area (TPSA) is 47.6 Å². The highest BCUT2D eigenvalue weighted by atomic mass is 35.5. The highest BCUT2D eigenvalue weighted by molar-refractivity contribution is 6.30. The zero-order valence-electron chi connectivity index (χ0n) is 14.7. The van der Waals surface area contributed by atoms with E-state index >= 15 is 0 Å². The highest BCUT2D eigenvalue weighted by Gasteiger charge is 2.10. The van der Waals surface area contributed by atoms with Crippen LogP contribution >= 0.6 is 11.6 Å². The molecule has 0 aromatic heterocycles. The van der Waals surface area contributed by atoms with Gasteiger partial charge >= 0.3 is 0 Å². The Hall–Kier alpha value is -2.72. The molecule has 3 aromatic carbocycles. The summed E-state index contributed by atoms with van der Waals surface area (Å²) in [5.41, 5.74) is 0.948. The minimum absolute atomic E-state index is 0.0552. The summed E-state index contributed by atoms with van der Waals surface area (Å²) in [6.45, 7) is 1.85. The number of hydrogen-bond donors (Lipinski definition) is 1. The van der Waals surface area contributed by atoms with Gasteiger partial charge in [-0.2, -0.15) is 0 Å². The van der Waals surface area contributed by atoms with Gasteiger partial charge in [0.1, 0.15) is 11.5 Å². The van der Waals surface area contributed by atoms with Crippen molar-refractivity contribution in [1.82, 2.24) is 5.32 Å². The molecule has 0 aliphatic heterocycles. The Balaban J connectivity index is 1.61. The van der Waals surface area contributed by atoms with Gasteiger partial charge in [0.05, 0.1) is 13.2 Å². The van der Waals surface area contributed by atoms with E-state index in [0.717, 1.165) is 22.1 Å². The number of rotatable bonds is 6. The molecule has 0 saturated heterocycles. The fraction of sp³-hybridized carbons (Fsp3) is 0.190. The fourth-order valence-electron chi connectivity index (χ4n) is 2.71. The van der Waals surface area contributed by atoms with Crippen molar-refractivity contribution in [1.29, 1.82) is 0 Å². The summed E-state index contributed by atoms with van der Waals surface area (Å²) < 4.78 is 10.9. The maximum Gasteiger partial charge on any atom is 0.258 e. The van der Waals surface area contributed by atoms with Gasteiger partial charge in [0.25, 0.3) is 5.91 Å². The second kappa shape index (κ2) is 8.11. The molecule has 0 aliphatic rings. The molecule has 0 spiro atoms. The third-order valence-electron chi connectivity index (χ3n) is 4.11. The summed E-state index contributed by atoms with van der Waals surface area (Å²) in [6.07, 6.45) is 0. The number of amides is 1. The van der Waals surface area contributed by atoms with Crippen molar-refractivity contribution in [3.05, 3.63) is 71.2 Å². The van der Waals surface area contributed by atoms with Crippen LogP contribution in [-0.2, 0) is 4.79 Å². The Kier molecular flexibility index (Phi) is 5.64. The maximum atomic E-state index is 12.2. The van der Waals surface area contributed by atoms with Crippen molar-refractivity contribution < 1.29 is 14.3 Å². The lowest BCUT2D eigenvalue weighted by Gasteiger charge is -2.15. The van der Waals surface area contributed by atoms with Gasteiger partial charge in [-0.05, 0) is 59.7 Å². The van der Waals surface area contributed by atoms with E-state index in [9.17, 15) is 4.79 Å². The van der Waals surface area contributed by atoms with E-state index in [1.807, 2.05) is 61.5 Å². The number of methoxy groups -OCH3 is 1. The predicted molar refractivity (Wildman–Crippen MR) is 104 cm³/mol. The number of halogens is 1. The van der Waals surface area contributed by atoms with Crippen LogP contribution in [0.5, 0.6) is 11.5 Å². The first-order valence-corrected chi connectivity index (χ1v) is 8.68. The van der Waals surface area contributed by atoms with Crippen LogP contribution in [-0.4, -0.2) is 19.6 Å². The third-order valence-corrected chi connectivity index (χ3v) is 4.35. The Morgan fingerprint density at radius 1 is 1.04 bits per heavy atom. The van der Waals surface area contributed by atoms with E-state index < -0.39 is 0 Å². The second-order valence-electron chi connectivity index (χ2n) is 6.01. The molecule has 1 amide bonds. The molecule has 3 aromatic rings. The summed E-state index contributed by atoms with van der Waals surface area (Å²) in [5.74, 6) is 1.22. The van der Waals surface area contributed by atoms with Crippen LogP contribution in [0, 0.1) is 0 Å². The molecule has 1 N–H and O–H groups in total. The fourth-order valence-corrected chi connectivity index (χ4v) is 2.91. The van der Waals surface area contributed by atoms with E-state index in [0.29, 0.717) is 10.8 Å². The van der Waals surface area contributed by atoms with Crippen molar-refractivity contribution in [2.24, 2.45) is 0 Å². The Morgan fingerprint density at radius 2 is 1.77 bits per heavy atom. The van der Waals surface area contributed by atoms with Crippen molar-refractivity contribution in [2.45, 2.75) is 13.0 Å². The average Bonchev–Trinajstić information content (AvgIpc) is 2.65. The summed E-state index contributed by atoms with van der Waals surface area (Å²) in [5, 5.41) is 5.63. The monoisotopic (exact) mass is 369 g/mol. The first-order chi connectivity index (χ1) is 12.5. The summed E-state index contributed by atoms with van der Waals surface area (Å²) in [6, 6.07) is 18.8. The minimum atomic E-state index is -0.191. The van der Waals surface area contributed by atoms with Gasteiger partial charge in [-0.15, -0.1) is 0 Å². The molecule has 0 aliphatic carbocycles. The second-order valence-corrected chi connectivity index (χ2v) is 6.44. The standard InChI is InChI=1S/C21H20ClNO3/c1-14(16-4-3-5-18(22)10-16)23-21(24)13-26-20-9-7-15-6-8-19(25-2)11-17(15)12-20/h3-12,14H,13H2,1-2H3,(H,23,24)/t14-/m1/s1. The zero-order valence-corrected chi connectivity index (χ0v) is 15.4. The summed E-state index contributed by atoms with van der Waals surface area (Å²) >= 11 is 5.99. The molecule has 26 heavy (non-hydrogen) atoms. The SMILES string of the molecule is COc1ccc2ccc(OCC(=O)N[C@H](C)c3cccc(Cl)c3)cc2c1. The minimum Gasteiger partial charge on any atom is -0.497 e. The van der Waals surface area contributed by atoms with Gasteiger partial charge in [0, 0.05) is 5.02 Å². The Morgan fingerprint density at radius 3 is 2.50 bits per heavy atom. The molecule has 0 bridgehead atoms. The molecular weight excluding hydrogens is 350 g/mol. The smallest absolute Gasteiger partial charge is 0.258 e. The van der Waals surface area contributed by atoms with Crippen molar-refractivity contribution in [2.75, 3.05) is 13.7 Å². The number of benzene rings is 3. The van der Waals surface area contributed by atoms with Gasteiger partial charge in [-0.25, -0.2) is 0 Å². The largest absolute Gasteiger partial charge is 0.497 e. The molecule has 5 heteroatoms. The Labute approximate surface area is 157 Å². The van der Waals surface area contributed by atoms with Crippen LogP contribution < -0.4 is 14.8 Å². The van der Waals surface area contributed by atoms with Crippen LogP contribution in [0.3, 0.4) is 0 Å². The molecule has 0 heterocycles. The van der Waals surface area contributed by atoms with Crippen molar-refractivity contribution in [3.63, 3.8) is 0 Å². The lowest BCUT2D eigenvalue weighted by molar-refractivity contribution is -0.123. The highest BCUT2D eigenvalue weighted by Crippen LogP contribution is 2.25. The predicted octanol–water partition coefficient (Wildman–Crippen LogP) is 4.76. The normalized spacial score (nSPS) is 11.8. The number of hydrogen-bond acceptors (Lipinski definition) is 3. The van der Waals surface area contributed by atoms with E-state index in [4.69, 9.17) is 21.1 Å². The van der Waals surface area contributed by atoms with Crippen molar-refractivity contribution in [3.8, 4) is 11.5 Å². The van der Waals surface area contributed by atoms with Gasteiger partial charge in [0.2, 0.25) is 0 Å². The molecule has 0 radical (unpaired) electrons. The van der Waals surface area contributed by atoms with Gasteiger partial charge in [0.15, 0.2) is 6.61 Å². The quantitative estimate of drug-likeness (QED) is 0.681. The molecule has 0 fully saturated rings. The number of carbonyl (C=O) groups is 1. The van der Waals surface area contributed by atoms with Crippen molar-refractivity contribution >= 4 is 28.3 Å². The summed E-state index contributed by atoms with van der Waals surface area (Å²) in [7, 11) is 1.63. The number of carbonyl (C=O) groups excluding carboxylic acids is 1. The molecule has 0 saturated carbocycles. The lowest BCUT2D eigenvalue weighted by atomic mass is 10.1. The van der Waals surface area contributed by atoms with E-state index in [1.54, 1.807) is 13.2 Å². The molecule has 4 nitrogen and oxygen atoms in total. The number of fused-ring (bicyclic) bond motifs is 1.